The van der Waals surface area contributed by atoms with Crippen LogP contribution in [0, 0.1) is 5.92 Å². The third kappa shape index (κ3) is 2.69. The maximum absolute atomic E-state index is 12.6. The van der Waals surface area contributed by atoms with Crippen molar-refractivity contribution in [3.63, 3.8) is 0 Å². The second-order valence-corrected chi connectivity index (χ2v) is 7.22. The molecule has 0 aromatic carbocycles. The molecule has 3 unspecified atom stereocenters. The number of hydrogen-bond acceptors (Lipinski definition) is 3. The molecule has 1 saturated heterocycles. The zero-order chi connectivity index (χ0) is 15.0. The lowest BCUT2D eigenvalue weighted by molar-refractivity contribution is -0.152. The molecule has 0 saturated carbocycles. The van der Waals surface area contributed by atoms with Crippen LogP contribution in [-0.4, -0.2) is 28.8 Å². The van der Waals surface area contributed by atoms with E-state index in [0.717, 1.165) is 4.88 Å². The van der Waals surface area contributed by atoms with Gasteiger partial charge in [0.25, 0.3) is 0 Å². The van der Waals surface area contributed by atoms with Gasteiger partial charge in [-0.2, -0.15) is 0 Å². The number of halogens is 1. The van der Waals surface area contributed by atoms with Crippen LogP contribution < -0.4 is 5.32 Å². The molecular formula is C14H19ClN2O2S. The molecule has 1 aliphatic rings. The lowest BCUT2D eigenvalue weighted by Gasteiger charge is -2.41. The number of amides is 2. The van der Waals surface area contributed by atoms with Gasteiger partial charge in [0.05, 0.1) is 10.4 Å². The highest BCUT2D eigenvalue weighted by Crippen LogP contribution is 2.33. The van der Waals surface area contributed by atoms with Gasteiger partial charge in [0, 0.05) is 4.88 Å². The smallest absolute Gasteiger partial charge is 0.246 e. The second kappa shape index (κ2) is 5.74. The van der Waals surface area contributed by atoms with Gasteiger partial charge in [0.1, 0.15) is 12.1 Å². The third-order valence-electron chi connectivity index (χ3n) is 3.70. The Kier molecular flexibility index (Phi) is 4.39. The first kappa shape index (κ1) is 15.3. The van der Waals surface area contributed by atoms with E-state index < -0.39 is 12.1 Å². The number of carbonyl (C=O) groups is 2. The number of piperazine rings is 1. The molecule has 1 fully saturated rings. The van der Waals surface area contributed by atoms with Crippen LogP contribution in [0.1, 0.15) is 38.6 Å². The molecule has 2 amide bonds. The monoisotopic (exact) mass is 314 g/mol. The number of nitrogens with zero attached hydrogens (tertiary/aromatic N) is 1. The fraction of sp³-hybridized carbons (Fsp3) is 0.571. The highest BCUT2D eigenvalue weighted by atomic mass is 35.5. The van der Waals surface area contributed by atoms with E-state index in [0.29, 0.717) is 4.34 Å². The first-order valence-electron chi connectivity index (χ1n) is 6.70. The van der Waals surface area contributed by atoms with Gasteiger partial charge in [-0.3, -0.25) is 9.59 Å². The molecule has 0 bridgehead atoms. The molecule has 1 N–H and O–H groups in total. The molecular weight excluding hydrogens is 296 g/mol. The van der Waals surface area contributed by atoms with Crippen molar-refractivity contribution >= 4 is 34.8 Å². The summed E-state index contributed by atoms with van der Waals surface area (Å²) in [7, 11) is 0. The van der Waals surface area contributed by atoms with Crippen molar-refractivity contribution in [3.05, 3.63) is 21.3 Å². The van der Waals surface area contributed by atoms with Crippen molar-refractivity contribution < 1.29 is 9.59 Å². The number of thiophene rings is 1. The number of hydrogen-bond donors (Lipinski definition) is 1. The van der Waals surface area contributed by atoms with Crippen molar-refractivity contribution in [2.45, 2.75) is 45.8 Å². The Morgan fingerprint density at radius 3 is 2.45 bits per heavy atom. The molecule has 4 nitrogen and oxygen atoms in total. The zero-order valence-electron chi connectivity index (χ0n) is 12.0. The van der Waals surface area contributed by atoms with E-state index in [1.807, 2.05) is 32.9 Å². The van der Waals surface area contributed by atoms with Crippen LogP contribution in [0.2, 0.25) is 4.34 Å². The van der Waals surface area contributed by atoms with Crippen molar-refractivity contribution in [1.29, 1.82) is 0 Å². The summed E-state index contributed by atoms with van der Waals surface area (Å²) in [5, 5.41) is 2.80. The molecule has 0 radical (unpaired) electrons. The van der Waals surface area contributed by atoms with E-state index >= 15 is 0 Å². The Bertz CT molecular complexity index is 529. The van der Waals surface area contributed by atoms with E-state index in [1.165, 1.54) is 11.3 Å². The molecule has 110 valence electrons. The molecule has 0 spiro atoms. The molecule has 20 heavy (non-hydrogen) atoms. The minimum absolute atomic E-state index is 0.0240. The van der Waals surface area contributed by atoms with E-state index in [1.54, 1.807) is 11.8 Å². The zero-order valence-corrected chi connectivity index (χ0v) is 13.6. The van der Waals surface area contributed by atoms with E-state index in [4.69, 9.17) is 11.6 Å². The van der Waals surface area contributed by atoms with Crippen LogP contribution in [0.3, 0.4) is 0 Å². The van der Waals surface area contributed by atoms with Gasteiger partial charge in [0.2, 0.25) is 11.8 Å². The molecule has 1 aliphatic heterocycles. The largest absolute Gasteiger partial charge is 0.342 e. The molecule has 6 heteroatoms. The maximum Gasteiger partial charge on any atom is 0.246 e. The highest BCUT2D eigenvalue weighted by molar-refractivity contribution is 7.16. The van der Waals surface area contributed by atoms with Crippen LogP contribution in [-0.2, 0) is 9.59 Å². The van der Waals surface area contributed by atoms with Gasteiger partial charge >= 0.3 is 0 Å². The van der Waals surface area contributed by atoms with E-state index in [2.05, 4.69) is 5.32 Å². The van der Waals surface area contributed by atoms with Gasteiger partial charge in [-0.25, -0.2) is 0 Å². The van der Waals surface area contributed by atoms with Crippen molar-refractivity contribution in [3.8, 4) is 0 Å². The van der Waals surface area contributed by atoms with Crippen molar-refractivity contribution in [2.24, 2.45) is 5.92 Å². The standard InChI is InChI=1S/C14H19ClN2O2S/c1-7(2)12-14(19)17(9(4)13(18)16-12)8(3)10-5-6-11(15)20-10/h5-9,12H,1-4H3,(H,16,18). The Balaban J connectivity index is 2.31. The molecule has 0 aliphatic carbocycles. The summed E-state index contributed by atoms with van der Waals surface area (Å²) >= 11 is 7.40. The van der Waals surface area contributed by atoms with Gasteiger partial charge < -0.3 is 10.2 Å². The second-order valence-electron chi connectivity index (χ2n) is 5.47. The first-order valence-corrected chi connectivity index (χ1v) is 7.90. The van der Waals surface area contributed by atoms with Crippen LogP contribution in [0.15, 0.2) is 12.1 Å². The molecule has 2 rings (SSSR count). The molecule has 1 aromatic heterocycles. The normalized spacial score (nSPS) is 25.0. The first-order chi connectivity index (χ1) is 9.32. The molecule has 2 heterocycles. The Morgan fingerprint density at radius 1 is 1.30 bits per heavy atom. The van der Waals surface area contributed by atoms with Crippen molar-refractivity contribution in [1.82, 2.24) is 10.2 Å². The minimum Gasteiger partial charge on any atom is -0.342 e. The quantitative estimate of drug-likeness (QED) is 0.932. The van der Waals surface area contributed by atoms with Gasteiger partial charge in [0.15, 0.2) is 0 Å². The summed E-state index contributed by atoms with van der Waals surface area (Å²) in [4.78, 5) is 27.4. The third-order valence-corrected chi connectivity index (χ3v) is 5.11. The summed E-state index contributed by atoms with van der Waals surface area (Å²) in [6.45, 7) is 7.56. The van der Waals surface area contributed by atoms with Crippen LogP contribution >= 0.6 is 22.9 Å². The lowest BCUT2D eigenvalue weighted by atomic mass is 9.97. The van der Waals surface area contributed by atoms with Crippen LogP contribution in [0.25, 0.3) is 0 Å². The summed E-state index contributed by atoms with van der Waals surface area (Å²) in [6, 6.07) is 2.67. The summed E-state index contributed by atoms with van der Waals surface area (Å²) in [6.07, 6.45) is 0. The highest BCUT2D eigenvalue weighted by Gasteiger charge is 2.42. The summed E-state index contributed by atoms with van der Waals surface area (Å²) in [5.74, 6) is -0.0532. The number of nitrogens with one attached hydrogen (secondary N) is 1. The molecule has 1 aromatic rings. The van der Waals surface area contributed by atoms with Gasteiger partial charge in [-0.1, -0.05) is 25.4 Å². The predicted molar refractivity (Wildman–Crippen MR) is 80.8 cm³/mol. The fourth-order valence-electron chi connectivity index (χ4n) is 2.48. The molecule has 3 atom stereocenters. The Morgan fingerprint density at radius 2 is 1.95 bits per heavy atom. The van der Waals surface area contributed by atoms with Crippen LogP contribution in [0.4, 0.5) is 0 Å². The SMILES string of the molecule is CC(C)C1NC(=O)C(C)N(C(C)c2ccc(Cl)s2)C1=O. The van der Waals surface area contributed by atoms with E-state index in [9.17, 15) is 9.59 Å². The predicted octanol–water partition coefficient (Wildman–Crippen LogP) is 2.83. The maximum atomic E-state index is 12.6. The van der Waals surface area contributed by atoms with E-state index in [-0.39, 0.29) is 23.8 Å². The Labute approximate surface area is 128 Å². The van der Waals surface area contributed by atoms with Gasteiger partial charge in [-0.15, -0.1) is 11.3 Å². The average Bonchev–Trinajstić information content (AvgIpc) is 2.80. The number of carbonyl (C=O) groups excluding carboxylic acids is 2. The topological polar surface area (TPSA) is 49.4 Å². The minimum atomic E-state index is -0.464. The Hall–Kier alpha value is -1.07. The average molecular weight is 315 g/mol. The fourth-order valence-corrected chi connectivity index (χ4v) is 3.59. The lowest BCUT2D eigenvalue weighted by Crippen LogP contribution is -2.64. The summed E-state index contributed by atoms with van der Waals surface area (Å²) in [5.41, 5.74) is 0. The summed E-state index contributed by atoms with van der Waals surface area (Å²) < 4.78 is 0.689. The van der Waals surface area contributed by atoms with Crippen LogP contribution in [0.5, 0.6) is 0 Å². The number of rotatable bonds is 3. The van der Waals surface area contributed by atoms with Crippen molar-refractivity contribution in [2.75, 3.05) is 0 Å². The van der Waals surface area contributed by atoms with Gasteiger partial charge in [-0.05, 0) is 31.9 Å².